The molecule has 5 atom stereocenters. The van der Waals surface area contributed by atoms with Crippen LogP contribution in [0.4, 0.5) is 0 Å². The lowest BCUT2D eigenvalue weighted by Gasteiger charge is -2.21. The highest BCUT2D eigenvalue weighted by atomic mass is 31.2. The third-order valence-corrected chi connectivity index (χ3v) is 19.7. The van der Waals surface area contributed by atoms with Crippen molar-refractivity contribution >= 4 is 39.5 Å². The molecule has 0 aliphatic carbocycles. The van der Waals surface area contributed by atoms with Gasteiger partial charge in [0.25, 0.3) is 0 Å². The van der Waals surface area contributed by atoms with E-state index >= 15 is 0 Å². The second kappa shape index (κ2) is 74.3. The van der Waals surface area contributed by atoms with Crippen LogP contribution in [-0.2, 0) is 65.4 Å². The monoisotopic (exact) mass is 1460 g/mol. The van der Waals surface area contributed by atoms with Gasteiger partial charge in [-0.25, -0.2) is 9.13 Å². The summed E-state index contributed by atoms with van der Waals surface area (Å²) in [5, 5.41) is 10.6. The lowest BCUT2D eigenvalue weighted by molar-refractivity contribution is -0.161. The standard InChI is InChI=1S/C81H150O17P2/c1-5-9-13-17-21-25-29-33-37-41-45-49-53-57-61-65-78(83)91-71-76(97-80(85)67-63-59-55-51-47-43-39-35-31-27-23-19-15-11-7-3)73-95-99(87,88)93-69-75(82)70-94-100(89,90)96-74-77(98-81(86)68-64-60-56-52-48-44-40-36-32-28-24-20-16-12-8-4)72-92-79(84)66-62-58-54-50-46-42-38-34-30-26-22-18-14-10-6-2/h21,25,33-35,37-39,75-77,82H,5-20,22-24,26-32,36,40-74H2,1-4H3,(H,87,88)(H,89,90)/b25-21-,37-33-,38-34-,39-35-/t75-,76-,77-/m1/s1. The Kier molecular flexibility index (Phi) is 72.1. The van der Waals surface area contributed by atoms with Gasteiger partial charge in [0, 0.05) is 25.7 Å². The fraction of sp³-hybridized carbons (Fsp3) is 0.852. The zero-order valence-corrected chi connectivity index (χ0v) is 65.9. The number of phosphoric ester groups is 2. The Labute approximate surface area is 610 Å². The molecule has 0 aliphatic heterocycles. The molecule has 0 heterocycles. The van der Waals surface area contributed by atoms with Crippen molar-refractivity contribution in [2.24, 2.45) is 0 Å². The van der Waals surface area contributed by atoms with Crippen molar-refractivity contribution in [3.63, 3.8) is 0 Å². The van der Waals surface area contributed by atoms with E-state index in [-0.39, 0.29) is 25.7 Å². The number of carbonyl (C=O) groups is 4. The number of allylic oxidation sites excluding steroid dienone is 8. The van der Waals surface area contributed by atoms with Crippen molar-refractivity contribution < 1.29 is 80.2 Å². The normalized spacial score (nSPS) is 14.1. The Morgan fingerprint density at radius 1 is 0.280 bits per heavy atom. The number of ether oxygens (including phenoxy) is 4. The number of esters is 4. The third-order valence-electron chi connectivity index (χ3n) is 17.8. The molecule has 0 aromatic carbocycles. The van der Waals surface area contributed by atoms with Crippen LogP contribution < -0.4 is 0 Å². The van der Waals surface area contributed by atoms with Gasteiger partial charge in [0.15, 0.2) is 12.2 Å². The summed E-state index contributed by atoms with van der Waals surface area (Å²) in [6.07, 6.45) is 72.2. The van der Waals surface area contributed by atoms with Crippen LogP contribution in [0.2, 0.25) is 0 Å². The molecule has 0 amide bonds. The quantitative estimate of drug-likeness (QED) is 0.0169. The minimum atomic E-state index is -4.97. The number of aliphatic hydroxyl groups is 1. The zero-order chi connectivity index (χ0) is 73.2. The average molecular weight is 1460 g/mol. The Morgan fingerprint density at radius 2 is 0.490 bits per heavy atom. The van der Waals surface area contributed by atoms with E-state index in [4.69, 9.17) is 37.0 Å². The molecule has 0 saturated heterocycles. The summed E-state index contributed by atoms with van der Waals surface area (Å²) in [7, 11) is -9.94. The molecule has 0 aliphatic rings. The van der Waals surface area contributed by atoms with Gasteiger partial charge in [-0.1, -0.05) is 301 Å². The first-order valence-corrected chi connectivity index (χ1v) is 43.9. The molecule has 0 aromatic heterocycles. The van der Waals surface area contributed by atoms with E-state index in [2.05, 4.69) is 76.3 Å². The fourth-order valence-corrected chi connectivity index (χ4v) is 13.1. The van der Waals surface area contributed by atoms with Crippen LogP contribution in [0.5, 0.6) is 0 Å². The molecule has 0 rings (SSSR count). The number of aliphatic hydroxyl groups excluding tert-OH is 1. The molecule has 2 unspecified atom stereocenters. The SMILES string of the molecule is CCCCC/C=C\C/C=C\CCCCCCCC(=O)OC[C@H](COP(=O)(O)OC[C@@H](O)COP(=O)(O)OC[C@@H](COC(=O)CCCCCCC/C=C\CCCCCCCC)OC(=O)CCCCCCCCCCCCCCCCC)OC(=O)CCCCCCC/C=C\CCCCCCCC. The lowest BCUT2D eigenvalue weighted by Crippen LogP contribution is -2.30. The summed E-state index contributed by atoms with van der Waals surface area (Å²) in [6, 6.07) is 0. The molecule has 0 radical (unpaired) electrons. The van der Waals surface area contributed by atoms with E-state index in [1.165, 1.54) is 161 Å². The van der Waals surface area contributed by atoms with Gasteiger partial charge in [-0.05, 0) is 109 Å². The van der Waals surface area contributed by atoms with E-state index < -0.39 is 97.5 Å². The maximum atomic E-state index is 13.1. The number of rotatable bonds is 78. The second-order valence-corrected chi connectivity index (χ2v) is 30.6. The zero-order valence-electron chi connectivity index (χ0n) is 64.1. The van der Waals surface area contributed by atoms with E-state index in [0.29, 0.717) is 25.7 Å². The van der Waals surface area contributed by atoms with Crippen molar-refractivity contribution in [2.75, 3.05) is 39.6 Å². The smallest absolute Gasteiger partial charge is 0.462 e. The van der Waals surface area contributed by atoms with Gasteiger partial charge < -0.3 is 33.8 Å². The Morgan fingerprint density at radius 3 is 0.770 bits per heavy atom. The van der Waals surface area contributed by atoms with E-state index in [1.54, 1.807) is 0 Å². The Hall–Kier alpha value is -2.98. The van der Waals surface area contributed by atoms with Crippen LogP contribution in [0.1, 0.15) is 387 Å². The molecule has 0 fully saturated rings. The van der Waals surface area contributed by atoms with Crippen LogP contribution in [0.25, 0.3) is 0 Å². The van der Waals surface area contributed by atoms with E-state index in [1.807, 2.05) is 0 Å². The molecular formula is C81H150O17P2. The van der Waals surface area contributed by atoms with Crippen LogP contribution in [0, 0.1) is 0 Å². The summed E-state index contributed by atoms with van der Waals surface area (Å²) in [6.45, 7) is 4.90. The first-order chi connectivity index (χ1) is 48.7. The summed E-state index contributed by atoms with van der Waals surface area (Å²) in [4.78, 5) is 73.0. The second-order valence-electron chi connectivity index (χ2n) is 27.7. The highest BCUT2D eigenvalue weighted by molar-refractivity contribution is 7.47. The van der Waals surface area contributed by atoms with Gasteiger partial charge in [0.2, 0.25) is 0 Å². The van der Waals surface area contributed by atoms with Crippen molar-refractivity contribution in [1.82, 2.24) is 0 Å². The summed E-state index contributed by atoms with van der Waals surface area (Å²) >= 11 is 0. The number of carbonyl (C=O) groups excluding carboxylic acids is 4. The molecule has 0 bridgehead atoms. The highest BCUT2D eigenvalue weighted by Crippen LogP contribution is 2.45. The molecule has 3 N–H and O–H groups in total. The minimum absolute atomic E-state index is 0.0869. The Bertz CT molecular complexity index is 2080. The van der Waals surface area contributed by atoms with E-state index in [0.717, 1.165) is 148 Å². The van der Waals surface area contributed by atoms with Gasteiger partial charge >= 0.3 is 39.5 Å². The predicted octanol–water partition coefficient (Wildman–Crippen LogP) is 23.7. The number of hydrogen-bond acceptors (Lipinski definition) is 15. The van der Waals surface area contributed by atoms with Gasteiger partial charge in [-0.3, -0.25) is 37.3 Å². The summed E-state index contributed by atoms with van der Waals surface area (Å²) in [5.74, 6) is -2.17. The first-order valence-electron chi connectivity index (χ1n) is 40.9. The summed E-state index contributed by atoms with van der Waals surface area (Å²) < 4.78 is 68.7. The first kappa shape index (κ1) is 97.0. The van der Waals surface area contributed by atoms with Gasteiger partial charge in [0.05, 0.1) is 26.4 Å². The van der Waals surface area contributed by atoms with E-state index in [9.17, 15) is 43.2 Å². The molecule has 100 heavy (non-hydrogen) atoms. The van der Waals surface area contributed by atoms with Gasteiger partial charge in [-0.2, -0.15) is 0 Å². The maximum Gasteiger partial charge on any atom is 0.472 e. The minimum Gasteiger partial charge on any atom is -0.462 e. The van der Waals surface area contributed by atoms with Gasteiger partial charge in [0.1, 0.15) is 19.3 Å². The molecule has 586 valence electrons. The van der Waals surface area contributed by atoms with Crippen molar-refractivity contribution in [3.8, 4) is 0 Å². The molecule has 0 saturated carbocycles. The molecule has 0 aromatic rings. The Balaban J connectivity index is 5.34. The average Bonchev–Trinajstić information content (AvgIpc) is 1.01. The van der Waals surface area contributed by atoms with Crippen LogP contribution in [-0.4, -0.2) is 96.7 Å². The summed E-state index contributed by atoms with van der Waals surface area (Å²) in [5.41, 5.74) is 0. The number of unbranched alkanes of at least 4 members (excludes halogenated alkanes) is 44. The largest absolute Gasteiger partial charge is 0.472 e. The third kappa shape index (κ3) is 73.3. The number of hydrogen-bond donors (Lipinski definition) is 3. The molecule has 17 nitrogen and oxygen atoms in total. The fourth-order valence-electron chi connectivity index (χ4n) is 11.5. The molecular weight excluding hydrogens is 1310 g/mol. The highest BCUT2D eigenvalue weighted by Gasteiger charge is 2.30. The van der Waals surface area contributed by atoms with Crippen LogP contribution in [0.15, 0.2) is 48.6 Å². The predicted molar refractivity (Wildman–Crippen MR) is 409 cm³/mol. The van der Waals surface area contributed by atoms with Crippen LogP contribution >= 0.6 is 15.6 Å². The lowest BCUT2D eigenvalue weighted by atomic mass is 10.0. The maximum absolute atomic E-state index is 13.1. The number of phosphoric acid groups is 2. The molecule has 0 spiro atoms. The van der Waals surface area contributed by atoms with Crippen molar-refractivity contribution in [2.45, 2.75) is 406 Å². The van der Waals surface area contributed by atoms with Crippen molar-refractivity contribution in [3.05, 3.63) is 48.6 Å². The van der Waals surface area contributed by atoms with Gasteiger partial charge in [-0.15, -0.1) is 0 Å². The van der Waals surface area contributed by atoms with Crippen LogP contribution in [0.3, 0.4) is 0 Å². The van der Waals surface area contributed by atoms with Crippen molar-refractivity contribution in [1.29, 1.82) is 0 Å². The topological polar surface area (TPSA) is 237 Å². The molecule has 19 heteroatoms.